The van der Waals surface area contributed by atoms with Gasteiger partial charge in [0.05, 0.1) is 17.2 Å². The average molecular weight is 632 g/mol. The molecule has 3 aliphatic carbocycles. The highest BCUT2D eigenvalue weighted by molar-refractivity contribution is 6.31. The van der Waals surface area contributed by atoms with Gasteiger partial charge in [0.15, 0.2) is 34.7 Å². The smallest absolute Gasteiger partial charge is 0.505 e. The van der Waals surface area contributed by atoms with Gasteiger partial charge >= 0.3 is 12.4 Å². The number of phenolic OH excluding ortho intramolecular Hbond substituents is 1. The van der Waals surface area contributed by atoms with Crippen molar-refractivity contribution < 1.29 is 56.9 Å². The number of urea groups is 1. The van der Waals surface area contributed by atoms with Crippen LogP contribution in [0.4, 0.5) is 29.3 Å². The summed E-state index contributed by atoms with van der Waals surface area (Å²) in [7, 11) is 0. The number of nitrogens with two attached hydrogens (primary N) is 1. The number of alkyl halides is 3. The molecular weight excluding hydrogens is 603 g/mol. The summed E-state index contributed by atoms with van der Waals surface area (Å²) in [4.78, 5) is 77.9. The van der Waals surface area contributed by atoms with Crippen LogP contribution in [-0.2, 0) is 25.6 Å². The van der Waals surface area contributed by atoms with Crippen LogP contribution in [0.3, 0.4) is 0 Å². The van der Waals surface area contributed by atoms with E-state index in [-0.39, 0.29) is 35.7 Å². The lowest BCUT2D eigenvalue weighted by Gasteiger charge is -2.48. The van der Waals surface area contributed by atoms with E-state index < -0.39 is 88.6 Å². The third kappa shape index (κ3) is 5.41. The van der Waals surface area contributed by atoms with Crippen LogP contribution >= 0.6 is 0 Å². The molecule has 2 fully saturated rings. The van der Waals surface area contributed by atoms with Gasteiger partial charge in [-0.1, -0.05) is 13.8 Å². The number of phenols is 1. The zero-order valence-corrected chi connectivity index (χ0v) is 23.9. The van der Waals surface area contributed by atoms with Crippen molar-refractivity contribution in [2.45, 2.75) is 51.0 Å². The van der Waals surface area contributed by atoms with E-state index in [1.807, 2.05) is 0 Å². The molecule has 0 saturated heterocycles. The molecule has 3 amide bonds. The highest BCUT2D eigenvalue weighted by Crippen LogP contribution is 2.51. The second-order valence-corrected chi connectivity index (χ2v) is 11.8. The molecule has 6 N–H and O–H groups in total. The fourth-order valence-electron chi connectivity index (χ4n) is 6.70. The fourth-order valence-corrected chi connectivity index (χ4v) is 6.70. The number of nitrogens with one attached hydrogen (secondary N) is 2. The zero-order chi connectivity index (χ0) is 33.2. The lowest BCUT2D eigenvalue weighted by molar-refractivity contribution is -0.274. The van der Waals surface area contributed by atoms with Gasteiger partial charge in [-0.3, -0.25) is 24.0 Å². The van der Waals surface area contributed by atoms with Crippen LogP contribution in [0.15, 0.2) is 30.3 Å². The van der Waals surface area contributed by atoms with Gasteiger partial charge in [0.1, 0.15) is 11.5 Å². The molecule has 12 nitrogen and oxygen atoms in total. The number of Topliss-reactive ketones (excluding diaryl/α,β-unsaturated/α-hetero) is 4. The third-order valence-electron chi connectivity index (χ3n) is 8.65. The van der Waals surface area contributed by atoms with Crippen LogP contribution in [0.5, 0.6) is 11.5 Å². The van der Waals surface area contributed by atoms with E-state index in [1.54, 1.807) is 13.8 Å². The van der Waals surface area contributed by atoms with Gasteiger partial charge in [-0.15, -0.1) is 13.2 Å². The summed E-state index contributed by atoms with van der Waals surface area (Å²) in [5.74, 6) is -12.5. The molecular formula is C30H28F3N3O9. The van der Waals surface area contributed by atoms with E-state index in [2.05, 4.69) is 15.4 Å². The molecule has 0 aliphatic heterocycles. The van der Waals surface area contributed by atoms with E-state index in [0.717, 1.165) is 24.3 Å². The Hall–Kier alpha value is -4.79. The number of rotatable bonds is 5. The summed E-state index contributed by atoms with van der Waals surface area (Å²) in [5, 5.41) is 27.4. The third-order valence-corrected chi connectivity index (χ3v) is 8.65. The molecule has 2 unspecified atom stereocenters. The van der Waals surface area contributed by atoms with Gasteiger partial charge in [-0.05, 0) is 66.1 Å². The number of fused-ring (bicyclic) bond motifs is 3. The van der Waals surface area contributed by atoms with Crippen molar-refractivity contribution in [2.75, 3.05) is 10.6 Å². The number of benzene rings is 2. The number of hydrogen-bond donors (Lipinski definition) is 5. The minimum absolute atomic E-state index is 0.0610. The van der Waals surface area contributed by atoms with Crippen molar-refractivity contribution >= 4 is 46.4 Å². The number of amides is 3. The van der Waals surface area contributed by atoms with E-state index in [0.29, 0.717) is 11.1 Å². The van der Waals surface area contributed by atoms with Crippen LogP contribution < -0.4 is 21.1 Å². The van der Waals surface area contributed by atoms with E-state index in [9.17, 15) is 52.2 Å². The Balaban J connectivity index is 1.46. The Morgan fingerprint density at radius 1 is 1.04 bits per heavy atom. The van der Waals surface area contributed by atoms with Gasteiger partial charge in [0, 0.05) is 18.0 Å². The lowest BCUT2D eigenvalue weighted by atomic mass is 9.53. The first kappa shape index (κ1) is 31.6. The number of aliphatic hydroxyl groups is 1. The quantitative estimate of drug-likeness (QED) is 0.243. The molecule has 0 heterocycles. The number of primary amides is 1. The molecule has 45 heavy (non-hydrogen) atoms. The first-order chi connectivity index (χ1) is 20.9. The summed E-state index contributed by atoms with van der Waals surface area (Å²) in [6.07, 6.45) is -5.34. The maximum atomic E-state index is 13.9. The normalized spacial score (nSPS) is 26.1. The van der Waals surface area contributed by atoms with Crippen molar-refractivity contribution in [1.82, 2.24) is 0 Å². The van der Waals surface area contributed by atoms with Gasteiger partial charge in [-0.25, -0.2) is 4.79 Å². The molecule has 5 rings (SSSR count). The maximum Gasteiger partial charge on any atom is 0.573 e. The fraction of sp³-hybridized carbons (Fsp3) is 0.400. The summed E-state index contributed by atoms with van der Waals surface area (Å²) in [5.41, 5.74) is 2.94. The lowest BCUT2D eigenvalue weighted by Crippen LogP contribution is -2.68. The molecule has 3 aliphatic rings. The molecule has 0 aromatic heterocycles. The first-order valence-corrected chi connectivity index (χ1v) is 13.9. The summed E-state index contributed by atoms with van der Waals surface area (Å²) >= 11 is 0. The number of anilines is 2. The molecule has 238 valence electrons. The van der Waals surface area contributed by atoms with Gasteiger partial charge in [0.25, 0.3) is 0 Å². The Labute approximate surface area is 253 Å². The standard InChI is InChI=1S/C30H28F3N3O9/c1-11(2)16-10-18(36-28(43)35-14-3-5-15(6-4-14)45-30(31,32)33)23(38)21-17(16)8-12-7-13-9-19(37)22(27(34)42)26(41)29(13,44)25(40)20(12)24(21)39/h3-6,10-13,20,22,38,44H,7-9H2,1-2H3,(H2,34,42)(H2,35,36,43)/t12-,13+,20?,22?,29+/m1/s1. The maximum absolute atomic E-state index is 13.9. The molecule has 2 aromatic rings. The van der Waals surface area contributed by atoms with E-state index >= 15 is 0 Å². The highest BCUT2D eigenvalue weighted by Gasteiger charge is 2.66. The Kier molecular flexibility index (Phi) is 7.72. The van der Waals surface area contributed by atoms with Gasteiger partial charge < -0.3 is 31.3 Å². The number of carbonyl (C=O) groups is 6. The topological polar surface area (TPSA) is 202 Å². The van der Waals surface area contributed by atoms with Crippen LogP contribution in [0.1, 0.15) is 54.1 Å². The number of carbonyl (C=O) groups excluding carboxylic acids is 6. The first-order valence-electron chi connectivity index (χ1n) is 13.9. The number of ether oxygens (including phenoxy) is 1. The van der Waals surface area contributed by atoms with Crippen LogP contribution in [0.25, 0.3) is 0 Å². The van der Waals surface area contributed by atoms with E-state index in [4.69, 9.17) is 5.73 Å². The predicted molar refractivity (Wildman–Crippen MR) is 148 cm³/mol. The van der Waals surface area contributed by atoms with Crippen molar-refractivity contribution in [3.8, 4) is 11.5 Å². The minimum Gasteiger partial charge on any atom is -0.505 e. The monoisotopic (exact) mass is 631 g/mol. The number of aromatic hydroxyl groups is 1. The molecule has 0 radical (unpaired) electrons. The zero-order valence-electron chi connectivity index (χ0n) is 23.9. The summed E-state index contributed by atoms with van der Waals surface area (Å²) in [6.45, 7) is 3.59. The molecule has 5 atom stereocenters. The number of halogens is 3. The Morgan fingerprint density at radius 3 is 2.27 bits per heavy atom. The second kappa shape index (κ2) is 11.0. The Bertz CT molecular complexity index is 1650. The average Bonchev–Trinajstić information content (AvgIpc) is 2.92. The largest absolute Gasteiger partial charge is 0.573 e. The number of ketones is 4. The van der Waals surface area contributed by atoms with Crippen molar-refractivity contribution in [3.63, 3.8) is 0 Å². The van der Waals surface area contributed by atoms with E-state index in [1.165, 1.54) is 6.07 Å². The molecule has 15 heteroatoms. The Morgan fingerprint density at radius 2 is 1.69 bits per heavy atom. The second-order valence-electron chi connectivity index (χ2n) is 11.8. The van der Waals surface area contributed by atoms with Gasteiger partial charge in [0.2, 0.25) is 5.91 Å². The van der Waals surface area contributed by atoms with Crippen LogP contribution in [0.2, 0.25) is 0 Å². The summed E-state index contributed by atoms with van der Waals surface area (Å²) in [6, 6.07) is 4.77. The van der Waals surface area contributed by atoms with Crippen LogP contribution in [-0.4, -0.2) is 57.2 Å². The molecule has 0 spiro atoms. The predicted octanol–water partition coefficient (Wildman–Crippen LogP) is 2.99. The van der Waals surface area contributed by atoms with Crippen molar-refractivity contribution in [1.29, 1.82) is 0 Å². The minimum atomic E-state index is -4.90. The van der Waals surface area contributed by atoms with Crippen LogP contribution in [0, 0.1) is 23.7 Å². The SMILES string of the molecule is CC(C)c1cc(NC(=O)Nc2ccc(OC(F)(F)F)cc2)c(O)c2c1C[C@H]1C[C@H]3CC(=O)C(C(N)=O)C(=O)[C@@]3(O)C(=O)C1C2=O. The molecule has 2 saturated carbocycles. The highest BCUT2D eigenvalue weighted by atomic mass is 19.4. The van der Waals surface area contributed by atoms with Crippen molar-refractivity contribution in [2.24, 2.45) is 29.4 Å². The molecule has 0 bridgehead atoms. The molecule has 2 aromatic carbocycles. The number of hydrogen-bond acceptors (Lipinski definition) is 9. The van der Waals surface area contributed by atoms with Gasteiger partial charge in [-0.2, -0.15) is 0 Å². The summed E-state index contributed by atoms with van der Waals surface area (Å²) < 4.78 is 41.1. The van der Waals surface area contributed by atoms with Crippen molar-refractivity contribution in [3.05, 3.63) is 47.0 Å².